The number of amides is 2. The van der Waals surface area contributed by atoms with Crippen molar-refractivity contribution < 1.29 is 24.6 Å². The Balaban J connectivity index is 1.69. The number of carbonyl (C=O) groups excluding carboxylic acids is 2. The smallest absolute Gasteiger partial charge is 0.326 e. The molecule has 2 aliphatic heterocycles. The number of β-amino-alcohol motifs (C(OH)–C–C–N with tert-alkyl or cyclic N) is 1. The molecule has 20 heavy (non-hydrogen) atoms. The first-order valence-electron chi connectivity index (χ1n) is 6.98. The first-order valence-corrected chi connectivity index (χ1v) is 6.98. The predicted octanol–water partition coefficient (Wildman–Crippen LogP) is -0.956. The van der Waals surface area contributed by atoms with Gasteiger partial charge in [0, 0.05) is 32.0 Å². The Kier molecular flexibility index (Phi) is 3.16. The Morgan fingerprint density at radius 1 is 1.20 bits per heavy atom. The zero-order chi connectivity index (χ0) is 14.4. The van der Waals surface area contributed by atoms with E-state index >= 15 is 0 Å². The summed E-state index contributed by atoms with van der Waals surface area (Å²) in [6.07, 6.45) is 1.42. The number of aliphatic carboxylic acids is 1. The largest absolute Gasteiger partial charge is 0.480 e. The number of carbonyl (C=O) groups is 3. The minimum Gasteiger partial charge on any atom is -0.480 e. The molecule has 0 aromatic rings. The van der Waals surface area contributed by atoms with E-state index in [1.54, 1.807) is 4.90 Å². The lowest BCUT2D eigenvalue weighted by Crippen LogP contribution is -2.44. The molecule has 3 aliphatic rings. The van der Waals surface area contributed by atoms with Crippen molar-refractivity contribution in [1.29, 1.82) is 0 Å². The van der Waals surface area contributed by atoms with Gasteiger partial charge < -0.3 is 20.0 Å². The van der Waals surface area contributed by atoms with Crippen LogP contribution in [0.1, 0.15) is 25.7 Å². The summed E-state index contributed by atoms with van der Waals surface area (Å²) in [6.45, 7) is 0.436. The average molecular weight is 282 g/mol. The second-order valence-corrected chi connectivity index (χ2v) is 5.91. The lowest BCUT2D eigenvalue weighted by Gasteiger charge is -2.24. The minimum atomic E-state index is -1.10. The van der Waals surface area contributed by atoms with E-state index in [4.69, 9.17) is 5.11 Å². The molecule has 0 radical (unpaired) electrons. The van der Waals surface area contributed by atoms with Crippen LogP contribution in [0.15, 0.2) is 0 Å². The number of aliphatic hydroxyl groups excluding tert-OH is 1. The quantitative estimate of drug-likeness (QED) is 0.695. The Bertz CT molecular complexity index is 462. The fourth-order valence-electron chi connectivity index (χ4n) is 3.16. The van der Waals surface area contributed by atoms with E-state index in [1.807, 2.05) is 0 Å². The normalized spacial score (nSPS) is 33.9. The van der Waals surface area contributed by atoms with E-state index < -0.39 is 24.0 Å². The standard InChI is InChI=1S/C13H18N2O5/c16-9-4-10(13(19)20)15(6-9)12(18)7-3-11(17)14(5-7)8-1-2-8/h7-10,16H,1-6H2,(H,19,20). The minimum absolute atomic E-state index is 0.0162. The third-order valence-electron chi connectivity index (χ3n) is 4.34. The van der Waals surface area contributed by atoms with E-state index in [2.05, 4.69) is 0 Å². The van der Waals surface area contributed by atoms with Crippen LogP contribution >= 0.6 is 0 Å². The topological polar surface area (TPSA) is 98.1 Å². The fourth-order valence-corrected chi connectivity index (χ4v) is 3.16. The fraction of sp³-hybridized carbons (Fsp3) is 0.769. The third-order valence-corrected chi connectivity index (χ3v) is 4.34. The molecule has 3 rings (SSSR count). The molecule has 0 aromatic heterocycles. The molecule has 0 bridgehead atoms. The van der Waals surface area contributed by atoms with Gasteiger partial charge in [0.05, 0.1) is 12.0 Å². The molecule has 0 spiro atoms. The van der Waals surface area contributed by atoms with Gasteiger partial charge in [-0.05, 0) is 12.8 Å². The molecule has 2 N–H and O–H groups in total. The van der Waals surface area contributed by atoms with Crippen molar-refractivity contribution >= 4 is 17.8 Å². The number of carboxylic acids is 1. The SMILES string of the molecule is O=C(O)C1CC(O)CN1C(=O)C1CC(=O)N(C2CC2)C1. The van der Waals surface area contributed by atoms with Gasteiger partial charge in [-0.3, -0.25) is 9.59 Å². The molecule has 1 aliphatic carbocycles. The Hall–Kier alpha value is -1.63. The maximum absolute atomic E-state index is 12.4. The van der Waals surface area contributed by atoms with Gasteiger partial charge in [0.2, 0.25) is 11.8 Å². The van der Waals surface area contributed by atoms with E-state index in [-0.39, 0.29) is 37.2 Å². The molecular formula is C13H18N2O5. The number of aliphatic hydroxyl groups is 1. The van der Waals surface area contributed by atoms with Crippen LogP contribution in [0.4, 0.5) is 0 Å². The van der Waals surface area contributed by atoms with Crippen LogP contribution in [0.25, 0.3) is 0 Å². The molecule has 3 atom stereocenters. The van der Waals surface area contributed by atoms with Crippen LogP contribution in [0, 0.1) is 5.92 Å². The Morgan fingerprint density at radius 2 is 1.90 bits per heavy atom. The molecule has 3 fully saturated rings. The monoisotopic (exact) mass is 282 g/mol. The lowest BCUT2D eigenvalue weighted by atomic mass is 10.1. The molecule has 7 nitrogen and oxygen atoms in total. The van der Waals surface area contributed by atoms with Crippen LogP contribution in [0.3, 0.4) is 0 Å². The van der Waals surface area contributed by atoms with Gasteiger partial charge in [-0.2, -0.15) is 0 Å². The van der Waals surface area contributed by atoms with Gasteiger partial charge in [0.25, 0.3) is 0 Å². The number of likely N-dealkylation sites (tertiary alicyclic amines) is 2. The highest BCUT2D eigenvalue weighted by Gasteiger charge is 2.46. The van der Waals surface area contributed by atoms with Crippen molar-refractivity contribution in [2.24, 2.45) is 5.92 Å². The van der Waals surface area contributed by atoms with Crippen molar-refractivity contribution in [3.8, 4) is 0 Å². The Labute approximate surface area is 116 Å². The van der Waals surface area contributed by atoms with E-state index in [9.17, 15) is 19.5 Å². The molecule has 2 saturated heterocycles. The zero-order valence-electron chi connectivity index (χ0n) is 11.1. The number of carboxylic acid groups (broad SMARTS) is 1. The van der Waals surface area contributed by atoms with Gasteiger partial charge in [-0.25, -0.2) is 4.79 Å². The van der Waals surface area contributed by atoms with Gasteiger partial charge in [0.15, 0.2) is 0 Å². The van der Waals surface area contributed by atoms with Gasteiger partial charge in [-0.1, -0.05) is 0 Å². The maximum Gasteiger partial charge on any atom is 0.326 e. The Morgan fingerprint density at radius 3 is 2.50 bits per heavy atom. The van der Waals surface area contributed by atoms with Crippen molar-refractivity contribution in [3.63, 3.8) is 0 Å². The molecule has 1 saturated carbocycles. The molecular weight excluding hydrogens is 264 g/mol. The molecule has 7 heteroatoms. The first-order chi connectivity index (χ1) is 9.47. The highest BCUT2D eigenvalue weighted by molar-refractivity contribution is 5.92. The summed E-state index contributed by atoms with van der Waals surface area (Å²) in [5.41, 5.74) is 0. The number of nitrogens with zero attached hydrogens (tertiary/aromatic N) is 2. The van der Waals surface area contributed by atoms with Crippen molar-refractivity contribution in [2.45, 2.75) is 43.9 Å². The molecule has 2 amide bonds. The number of rotatable bonds is 3. The van der Waals surface area contributed by atoms with Crippen molar-refractivity contribution in [2.75, 3.05) is 13.1 Å². The van der Waals surface area contributed by atoms with Gasteiger partial charge in [0.1, 0.15) is 6.04 Å². The molecule has 0 aromatic carbocycles. The maximum atomic E-state index is 12.4. The summed E-state index contributed by atoms with van der Waals surface area (Å²) in [6, 6.07) is -0.692. The van der Waals surface area contributed by atoms with Crippen LogP contribution in [-0.2, 0) is 14.4 Å². The predicted molar refractivity (Wildman–Crippen MR) is 66.6 cm³/mol. The zero-order valence-corrected chi connectivity index (χ0v) is 11.1. The second kappa shape index (κ2) is 4.73. The lowest BCUT2D eigenvalue weighted by molar-refractivity contribution is -0.149. The average Bonchev–Trinajstić information content (AvgIpc) is 3.04. The second-order valence-electron chi connectivity index (χ2n) is 5.91. The summed E-state index contributed by atoms with van der Waals surface area (Å²) in [5, 5.41) is 18.7. The highest BCUT2D eigenvalue weighted by atomic mass is 16.4. The number of hydrogen-bond acceptors (Lipinski definition) is 4. The van der Waals surface area contributed by atoms with Crippen LogP contribution in [0.5, 0.6) is 0 Å². The molecule has 2 heterocycles. The van der Waals surface area contributed by atoms with Gasteiger partial charge in [-0.15, -0.1) is 0 Å². The van der Waals surface area contributed by atoms with E-state index in [1.165, 1.54) is 4.90 Å². The van der Waals surface area contributed by atoms with Crippen LogP contribution < -0.4 is 0 Å². The van der Waals surface area contributed by atoms with E-state index in [0.29, 0.717) is 6.54 Å². The van der Waals surface area contributed by atoms with Crippen LogP contribution in [0.2, 0.25) is 0 Å². The number of hydrogen-bond donors (Lipinski definition) is 2. The highest BCUT2D eigenvalue weighted by Crippen LogP contribution is 2.34. The first kappa shape index (κ1) is 13.4. The van der Waals surface area contributed by atoms with Crippen LogP contribution in [-0.4, -0.2) is 69.1 Å². The van der Waals surface area contributed by atoms with Gasteiger partial charge >= 0.3 is 5.97 Å². The van der Waals surface area contributed by atoms with E-state index in [0.717, 1.165) is 12.8 Å². The van der Waals surface area contributed by atoms with Crippen molar-refractivity contribution in [1.82, 2.24) is 9.80 Å². The molecule has 110 valence electrons. The third kappa shape index (κ3) is 2.26. The van der Waals surface area contributed by atoms with Crippen molar-refractivity contribution in [3.05, 3.63) is 0 Å². The summed E-state index contributed by atoms with van der Waals surface area (Å²) in [7, 11) is 0. The summed E-state index contributed by atoms with van der Waals surface area (Å²) in [4.78, 5) is 38.4. The summed E-state index contributed by atoms with van der Waals surface area (Å²) >= 11 is 0. The summed E-state index contributed by atoms with van der Waals surface area (Å²) in [5.74, 6) is -1.89. The summed E-state index contributed by atoms with van der Waals surface area (Å²) < 4.78 is 0. The molecule has 3 unspecified atom stereocenters.